The third-order valence-corrected chi connectivity index (χ3v) is 6.88. The molecule has 1 saturated carbocycles. The van der Waals surface area contributed by atoms with Gasteiger partial charge in [0.15, 0.2) is 5.76 Å². The lowest BCUT2D eigenvalue weighted by Crippen LogP contribution is -2.47. The molecule has 2 aromatic heterocycles. The monoisotopic (exact) mass is 528 g/mol. The summed E-state index contributed by atoms with van der Waals surface area (Å²) in [7, 11) is 1.59. The van der Waals surface area contributed by atoms with E-state index < -0.39 is 6.04 Å². The number of carbonyl (C=O) groups is 2. The molecule has 4 aromatic rings. The average molecular weight is 529 g/mol. The number of anilines is 1. The summed E-state index contributed by atoms with van der Waals surface area (Å²) < 4.78 is 10.9. The summed E-state index contributed by atoms with van der Waals surface area (Å²) in [6, 6.07) is 17.5. The smallest absolute Gasteiger partial charge is 0.251 e. The van der Waals surface area contributed by atoms with Crippen LogP contribution in [0, 0.1) is 13.8 Å². The van der Waals surface area contributed by atoms with Crippen molar-refractivity contribution in [3.05, 3.63) is 77.6 Å². The highest BCUT2D eigenvalue weighted by Gasteiger charge is 2.35. The van der Waals surface area contributed by atoms with Crippen LogP contribution in [0.2, 0.25) is 0 Å². The van der Waals surface area contributed by atoms with Crippen LogP contribution in [0.15, 0.2) is 65.1 Å². The zero-order valence-electron chi connectivity index (χ0n) is 22.3. The number of methoxy groups -OCH3 is 1. The topological polar surface area (TPSA) is 115 Å². The fourth-order valence-electron chi connectivity index (χ4n) is 4.93. The van der Waals surface area contributed by atoms with Gasteiger partial charge in [0.25, 0.3) is 5.91 Å². The summed E-state index contributed by atoms with van der Waals surface area (Å²) in [5.74, 6) is 1.54. The van der Waals surface area contributed by atoms with Crippen molar-refractivity contribution in [2.75, 3.05) is 12.0 Å². The number of nitrogens with zero attached hydrogens (tertiary/aromatic N) is 5. The van der Waals surface area contributed by atoms with Gasteiger partial charge in [-0.05, 0) is 79.4 Å². The van der Waals surface area contributed by atoms with Gasteiger partial charge in [-0.15, -0.1) is 10.2 Å². The lowest BCUT2D eigenvalue weighted by molar-refractivity contribution is -0.127. The predicted octanol–water partition coefficient (Wildman–Crippen LogP) is 4.39. The van der Waals surface area contributed by atoms with Crippen LogP contribution in [0.4, 0.5) is 5.69 Å². The normalized spacial score (nSPS) is 14.2. The number of ether oxygens (including phenoxy) is 1. The second-order valence-corrected chi connectivity index (χ2v) is 9.82. The van der Waals surface area contributed by atoms with E-state index in [4.69, 9.17) is 9.15 Å². The highest BCUT2D eigenvalue weighted by atomic mass is 16.5. The van der Waals surface area contributed by atoms with Crippen LogP contribution in [0.25, 0.3) is 11.6 Å². The average Bonchev–Trinajstić information content (AvgIpc) is 3.70. The molecule has 0 saturated heterocycles. The van der Waals surface area contributed by atoms with Crippen molar-refractivity contribution in [2.24, 2.45) is 0 Å². The number of furan rings is 1. The summed E-state index contributed by atoms with van der Waals surface area (Å²) in [4.78, 5) is 30.7. The van der Waals surface area contributed by atoms with Crippen molar-refractivity contribution in [3.63, 3.8) is 0 Å². The number of carbonyl (C=O) groups excluding carboxylic acids is 2. The SMILES string of the molecule is COc1ccc([C@H](C(=O)NC2CCCC2)N(C(=O)Cn2nnc(-c3ccc(C)o3)n2)c2cccc(C)c2)cc1. The molecule has 10 heteroatoms. The molecule has 1 atom stereocenters. The summed E-state index contributed by atoms with van der Waals surface area (Å²) in [5.41, 5.74) is 2.23. The minimum absolute atomic E-state index is 0.0870. The number of aryl methyl sites for hydroxylation is 2. The Hall–Kier alpha value is -4.47. The Bertz CT molecular complexity index is 1440. The molecule has 39 heavy (non-hydrogen) atoms. The van der Waals surface area contributed by atoms with E-state index in [1.165, 1.54) is 9.70 Å². The van der Waals surface area contributed by atoms with Crippen LogP contribution < -0.4 is 15.0 Å². The molecule has 1 N–H and O–H groups in total. The van der Waals surface area contributed by atoms with E-state index in [1.54, 1.807) is 25.3 Å². The van der Waals surface area contributed by atoms with E-state index in [2.05, 4.69) is 20.7 Å². The van der Waals surface area contributed by atoms with Crippen molar-refractivity contribution in [1.82, 2.24) is 25.5 Å². The molecule has 10 nitrogen and oxygen atoms in total. The number of benzene rings is 2. The van der Waals surface area contributed by atoms with Crippen molar-refractivity contribution in [3.8, 4) is 17.3 Å². The second kappa shape index (κ2) is 11.5. The molecule has 5 rings (SSSR count). The van der Waals surface area contributed by atoms with E-state index in [0.717, 1.165) is 37.0 Å². The van der Waals surface area contributed by atoms with Gasteiger partial charge in [-0.3, -0.25) is 14.5 Å². The van der Waals surface area contributed by atoms with Gasteiger partial charge in [0.1, 0.15) is 24.1 Å². The van der Waals surface area contributed by atoms with E-state index in [9.17, 15) is 9.59 Å². The van der Waals surface area contributed by atoms with Crippen molar-refractivity contribution in [2.45, 2.75) is 58.2 Å². The Morgan fingerprint density at radius 2 is 1.87 bits per heavy atom. The third kappa shape index (κ3) is 6.00. The van der Waals surface area contributed by atoms with E-state index in [1.807, 2.05) is 56.3 Å². The minimum atomic E-state index is -0.915. The lowest BCUT2D eigenvalue weighted by Gasteiger charge is -2.32. The van der Waals surface area contributed by atoms with E-state index in [0.29, 0.717) is 22.8 Å². The zero-order valence-corrected chi connectivity index (χ0v) is 22.3. The molecule has 2 amide bonds. The highest BCUT2D eigenvalue weighted by Crippen LogP contribution is 2.31. The Kier molecular flexibility index (Phi) is 7.72. The first kappa shape index (κ1) is 26.1. The largest absolute Gasteiger partial charge is 0.497 e. The maximum atomic E-state index is 14.0. The van der Waals surface area contributed by atoms with E-state index >= 15 is 0 Å². The number of hydrogen-bond acceptors (Lipinski definition) is 7. The second-order valence-electron chi connectivity index (χ2n) is 9.82. The molecular weight excluding hydrogens is 496 g/mol. The van der Waals surface area contributed by atoms with Gasteiger partial charge in [-0.25, -0.2) is 0 Å². The molecule has 202 valence electrons. The number of aromatic nitrogens is 4. The van der Waals surface area contributed by atoms with Crippen molar-refractivity contribution >= 4 is 17.5 Å². The van der Waals surface area contributed by atoms with Crippen LogP contribution in [0.1, 0.15) is 48.6 Å². The molecule has 0 bridgehead atoms. The van der Waals surface area contributed by atoms with Gasteiger partial charge in [-0.1, -0.05) is 37.1 Å². The fraction of sp³-hybridized carbons (Fsp3) is 0.345. The first-order chi connectivity index (χ1) is 18.9. The molecule has 2 aromatic carbocycles. The molecule has 0 aliphatic heterocycles. The molecular formula is C29H32N6O4. The summed E-state index contributed by atoms with van der Waals surface area (Å²) in [5, 5.41) is 15.7. The van der Waals surface area contributed by atoms with Crippen molar-refractivity contribution in [1.29, 1.82) is 0 Å². The molecule has 1 aliphatic carbocycles. The molecule has 0 unspecified atom stereocenters. The van der Waals surface area contributed by atoms with Crippen LogP contribution in [0.5, 0.6) is 5.75 Å². The zero-order chi connectivity index (χ0) is 27.4. The lowest BCUT2D eigenvalue weighted by atomic mass is 10.0. The maximum Gasteiger partial charge on any atom is 0.251 e. The molecule has 1 aliphatic rings. The van der Waals surface area contributed by atoms with Crippen LogP contribution in [0.3, 0.4) is 0 Å². The number of hydrogen-bond donors (Lipinski definition) is 1. The Morgan fingerprint density at radius 1 is 1.10 bits per heavy atom. The van der Waals surface area contributed by atoms with Gasteiger partial charge in [0.2, 0.25) is 11.7 Å². The quantitative estimate of drug-likeness (QED) is 0.343. The number of rotatable bonds is 9. The van der Waals surface area contributed by atoms with Gasteiger partial charge >= 0.3 is 0 Å². The van der Waals surface area contributed by atoms with Gasteiger partial charge < -0.3 is 14.5 Å². The number of nitrogens with one attached hydrogen (secondary N) is 1. The number of tetrazole rings is 1. The van der Waals surface area contributed by atoms with Gasteiger partial charge in [-0.2, -0.15) is 4.80 Å². The Morgan fingerprint density at radius 3 is 2.54 bits per heavy atom. The summed E-state index contributed by atoms with van der Waals surface area (Å²) in [6.07, 6.45) is 4.01. The highest BCUT2D eigenvalue weighted by molar-refractivity contribution is 6.01. The van der Waals surface area contributed by atoms with Crippen LogP contribution in [-0.4, -0.2) is 45.2 Å². The third-order valence-electron chi connectivity index (χ3n) is 6.88. The van der Waals surface area contributed by atoms with Crippen molar-refractivity contribution < 1.29 is 18.7 Å². The molecule has 2 heterocycles. The summed E-state index contributed by atoms with van der Waals surface area (Å²) >= 11 is 0. The summed E-state index contributed by atoms with van der Waals surface area (Å²) in [6.45, 7) is 3.56. The number of amides is 2. The van der Waals surface area contributed by atoms with E-state index in [-0.39, 0.29) is 30.2 Å². The molecule has 0 radical (unpaired) electrons. The Labute approximate surface area is 227 Å². The Balaban J connectivity index is 1.51. The van der Waals surface area contributed by atoms with Crippen LogP contribution in [-0.2, 0) is 16.1 Å². The van der Waals surface area contributed by atoms with Crippen LogP contribution >= 0.6 is 0 Å². The minimum Gasteiger partial charge on any atom is -0.497 e. The molecule has 1 fully saturated rings. The fourth-order valence-corrected chi connectivity index (χ4v) is 4.93. The van der Waals surface area contributed by atoms with Gasteiger partial charge in [0.05, 0.1) is 7.11 Å². The standard InChI is InChI=1S/C29H32N6O4/c1-19-7-6-10-23(17-19)35(26(36)18-34-32-28(31-33-34)25-16-11-20(2)39-25)27(21-12-14-24(38-3)15-13-21)29(37)30-22-8-4-5-9-22/h6-7,10-17,22,27H,4-5,8-9,18H2,1-3H3,(H,30,37)/t27-/m1/s1. The molecule has 0 spiro atoms. The first-order valence-electron chi connectivity index (χ1n) is 13.1. The first-order valence-corrected chi connectivity index (χ1v) is 13.1. The predicted molar refractivity (Wildman–Crippen MR) is 145 cm³/mol. The van der Waals surface area contributed by atoms with Gasteiger partial charge in [0, 0.05) is 11.7 Å². The maximum absolute atomic E-state index is 14.0.